The number of aromatic nitrogens is 6. The number of benzene rings is 2. The first-order chi connectivity index (χ1) is 14.4. The SMILES string of the molecule is CC(C)(C)c1ccc(-c2nn3c(-c4cc(-c5ccc(Cl)cc5)n[nH]4)nnc3s2)cc1. The lowest BCUT2D eigenvalue weighted by Crippen LogP contribution is -2.10. The van der Waals surface area contributed by atoms with Crippen LogP contribution in [0.15, 0.2) is 54.6 Å². The zero-order chi connectivity index (χ0) is 20.9. The summed E-state index contributed by atoms with van der Waals surface area (Å²) in [5.74, 6) is 0.631. The van der Waals surface area contributed by atoms with Gasteiger partial charge in [-0.15, -0.1) is 10.2 Å². The summed E-state index contributed by atoms with van der Waals surface area (Å²) in [7, 11) is 0. The Hall–Kier alpha value is -3.03. The van der Waals surface area contributed by atoms with E-state index in [1.54, 1.807) is 4.52 Å². The van der Waals surface area contributed by atoms with E-state index in [0.29, 0.717) is 10.8 Å². The highest BCUT2D eigenvalue weighted by molar-refractivity contribution is 7.19. The molecule has 0 saturated carbocycles. The van der Waals surface area contributed by atoms with E-state index in [0.717, 1.165) is 32.5 Å². The fraction of sp³-hybridized carbons (Fsp3) is 0.182. The number of aromatic amines is 1. The number of nitrogens with zero attached hydrogens (tertiary/aromatic N) is 5. The highest BCUT2D eigenvalue weighted by Crippen LogP contribution is 2.31. The van der Waals surface area contributed by atoms with E-state index in [1.807, 2.05) is 30.3 Å². The molecule has 5 rings (SSSR count). The van der Waals surface area contributed by atoms with Gasteiger partial charge in [0.2, 0.25) is 10.8 Å². The van der Waals surface area contributed by atoms with Crippen molar-refractivity contribution in [1.29, 1.82) is 0 Å². The maximum atomic E-state index is 5.98. The second-order valence-corrected chi connectivity index (χ2v) is 9.52. The molecule has 2 aromatic carbocycles. The van der Waals surface area contributed by atoms with Crippen LogP contribution in [0.5, 0.6) is 0 Å². The third kappa shape index (κ3) is 3.40. The zero-order valence-corrected chi connectivity index (χ0v) is 18.3. The van der Waals surface area contributed by atoms with Gasteiger partial charge in [0.1, 0.15) is 10.7 Å². The predicted molar refractivity (Wildman–Crippen MR) is 121 cm³/mol. The Morgan fingerprint density at radius 1 is 0.933 bits per heavy atom. The molecule has 0 aliphatic heterocycles. The van der Waals surface area contributed by atoms with Gasteiger partial charge in [0.05, 0.1) is 5.69 Å². The van der Waals surface area contributed by atoms with E-state index < -0.39 is 0 Å². The quantitative estimate of drug-likeness (QED) is 0.386. The number of halogens is 1. The molecule has 0 bridgehead atoms. The van der Waals surface area contributed by atoms with Crippen molar-refractivity contribution in [2.45, 2.75) is 26.2 Å². The average molecular weight is 435 g/mol. The third-order valence-electron chi connectivity index (χ3n) is 4.95. The highest BCUT2D eigenvalue weighted by Gasteiger charge is 2.18. The molecule has 0 unspecified atom stereocenters. The fourth-order valence-electron chi connectivity index (χ4n) is 3.22. The van der Waals surface area contributed by atoms with Gasteiger partial charge in [0.25, 0.3) is 0 Å². The fourth-order valence-corrected chi connectivity index (χ4v) is 4.19. The maximum Gasteiger partial charge on any atom is 0.235 e. The van der Waals surface area contributed by atoms with E-state index >= 15 is 0 Å². The van der Waals surface area contributed by atoms with Crippen molar-refractivity contribution in [3.63, 3.8) is 0 Å². The van der Waals surface area contributed by atoms with Crippen LogP contribution in [0.25, 0.3) is 38.3 Å². The number of rotatable bonds is 3. The smallest absolute Gasteiger partial charge is 0.235 e. The molecule has 5 aromatic rings. The Morgan fingerprint density at radius 2 is 1.63 bits per heavy atom. The second kappa shape index (κ2) is 7.04. The van der Waals surface area contributed by atoms with Gasteiger partial charge in [-0.05, 0) is 29.2 Å². The Morgan fingerprint density at radius 3 is 2.33 bits per heavy atom. The van der Waals surface area contributed by atoms with Crippen LogP contribution in [0.4, 0.5) is 0 Å². The minimum atomic E-state index is 0.121. The molecule has 0 fully saturated rings. The van der Waals surface area contributed by atoms with Crippen molar-refractivity contribution < 1.29 is 0 Å². The van der Waals surface area contributed by atoms with Gasteiger partial charge in [0.15, 0.2) is 0 Å². The molecule has 150 valence electrons. The molecule has 30 heavy (non-hydrogen) atoms. The van der Waals surface area contributed by atoms with Crippen LogP contribution in [0.3, 0.4) is 0 Å². The van der Waals surface area contributed by atoms with Crippen LogP contribution >= 0.6 is 22.9 Å². The summed E-state index contributed by atoms with van der Waals surface area (Å²) in [6, 6.07) is 18.0. The number of hydrogen-bond donors (Lipinski definition) is 1. The summed E-state index contributed by atoms with van der Waals surface area (Å²) in [4.78, 5) is 0.738. The number of fused-ring (bicyclic) bond motifs is 1. The summed E-state index contributed by atoms with van der Waals surface area (Å²) >= 11 is 7.49. The summed E-state index contributed by atoms with van der Waals surface area (Å²) in [5, 5.41) is 22.4. The van der Waals surface area contributed by atoms with Crippen LogP contribution in [0.1, 0.15) is 26.3 Å². The lowest BCUT2D eigenvalue weighted by Gasteiger charge is -2.18. The molecule has 0 aliphatic carbocycles. The van der Waals surface area contributed by atoms with E-state index in [4.69, 9.17) is 16.7 Å². The van der Waals surface area contributed by atoms with Gasteiger partial charge >= 0.3 is 0 Å². The van der Waals surface area contributed by atoms with Crippen LogP contribution in [-0.2, 0) is 5.41 Å². The molecule has 0 spiro atoms. The van der Waals surface area contributed by atoms with Crippen molar-refractivity contribution in [1.82, 2.24) is 30.0 Å². The van der Waals surface area contributed by atoms with E-state index in [2.05, 4.69) is 65.4 Å². The Bertz CT molecular complexity index is 1320. The Balaban J connectivity index is 1.49. The van der Waals surface area contributed by atoms with Gasteiger partial charge in [-0.2, -0.15) is 14.7 Å². The molecule has 0 radical (unpaired) electrons. The Kier molecular flexibility index (Phi) is 4.45. The van der Waals surface area contributed by atoms with Crippen molar-refractivity contribution in [3.05, 3.63) is 65.2 Å². The van der Waals surface area contributed by atoms with Gasteiger partial charge in [0, 0.05) is 16.1 Å². The van der Waals surface area contributed by atoms with Crippen molar-refractivity contribution >= 4 is 27.9 Å². The highest BCUT2D eigenvalue weighted by atomic mass is 35.5. The summed E-state index contributed by atoms with van der Waals surface area (Å²) in [6.45, 7) is 6.63. The maximum absolute atomic E-state index is 5.98. The molecule has 1 N–H and O–H groups in total. The van der Waals surface area contributed by atoms with Crippen molar-refractivity contribution in [2.75, 3.05) is 0 Å². The molecule has 3 aromatic heterocycles. The van der Waals surface area contributed by atoms with Crippen molar-refractivity contribution in [3.8, 4) is 33.3 Å². The molecule has 3 heterocycles. The largest absolute Gasteiger partial charge is 0.274 e. The molecule has 0 amide bonds. The molecule has 0 aliphatic rings. The predicted octanol–water partition coefficient (Wildman–Crippen LogP) is 5.86. The number of H-pyrrole nitrogens is 1. The van der Waals surface area contributed by atoms with Crippen LogP contribution in [0, 0.1) is 0 Å². The molecule has 0 atom stereocenters. The first-order valence-corrected chi connectivity index (χ1v) is 10.7. The zero-order valence-electron chi connectivity index (χ0n) is 16.7. The van der Waals surface area contributed by atoms with Crippen LogP contribution in [0.2, 0.25) is 5.02 Å². The molecule has 6 nitrogen and oxygen atoms in total. The van der Waals surface area contributed by atoms with E-state index in [9.17, 15) is 0 Å². The standard InChI is InChI=1S/C22H19ClN6S/c1-22(2,3)15-8-4-14(5-9-15)20-28-29-19(26-27-21(29)30-20)18-12-17(24-25-18)13-6-10-16(23)11-7-13/h4-12H,1-3H3,(H,24,25). The minimum Gasteiger partial charge on any atom is -0.274 e. The van der Waals surface area contributed by atoms with Gasteiger partial charge in [-0.1, -0.05) is 80.1 Å². The summed E-state index contributed by atoms with van der Waals surface area (Å²) in [5.41, 5.74) is 5.02. The molecule has 0 saturated heterocycles. The number of nitrogens with one attached hydrogen (secondary N) is 1. The topological polar surface area (TPSA) is 71.8 Å². The normalized spacial score (nSPS) is 12.0. The van der Waals surface area contributed by atoms with Crippen LogP contribution in [-0.4, -0.2) is 30.0 Å². The number of hydrogen-bond acceptors (Lipinski definition) is 5. The monoisotopic (exact) mass is 434 g/mol. The molecular weight excluding hydrogens is 416 g/mol. The molecule has 8 heteroatoms. The van der Waals surface area contributed by atoms with Gasteiger partial charge < -0.3 is 0 Å². The minimum absolute atomic E-state index is 0.121. The Labute approximate surface area is 182 Å². The summed E-state index contributed by atoms with van der Waals surface area (Å²) < 4.78 is 1.76. The second-order valence-electron chi connectivity index (χ2n) is 8.13. The van der Waals surface area contributed by atoms with Crippen LogP contribution < -0.4 is 0 Å². The van der Waals surface area contributed by atoms with Crippen molar-refractivity contribution in [2.24, 2.45) is 0 Å². The van der Waals surface area contributed by atoms with E-state index in [1.165, 1.54) is 16.9 Å². The lowest BCUT2D eigenvalue weighted by atomic mass is 9.87. The first-order valence-electron chi connectivity index (χ1n) is 9.53. The first kappa shape index (κ1) is 19.0. The molecular formula is C22H19ClN6S. The average Bonchev–Trinajstić information content (AvgIpc) is 3.43. The lowest BCUT2D eigenvalue weighted by molar-refractivity contribution is 0.590. The third-order valence-corrected chi connectivity index (χ3v) is 6.15. The van der Waals surface area contributed by atoms with Gasteiger partial charge in [-0.3, -0.25) is 5.10 Å². The van der Waals surface area contributed by atoms with Gasteiger partial charge in [-0.25, -0.2) is 0 Å². The summed E-state index contributed by atoms with van der Waals surface area (Å²) in [6.07, 6.45) is 0. The van der Waals surface area contributed by atoms with E-state index in [-0.39, 0.29) is 5.41 Å².